The van der Waals surface area contributed by atoms with E-state index in [9.17, 15) is 0 Å². The van der Waals surface area contributed by atoms with Crippen LogP contribution in [0.15, 0.2) is 30.6 Å². The van der Waals surface area contributed by atoms with E-state index >= 15 is 0 Å². The van der Waals surface area contributed by atoms with Gasteiger partial charge in [0.25, 0.3) is 0 Å². The minimum Gasteiger partial charge on any atom is -0.480 e. The van der Waals surface area contributed by atoms with Crippen molar-refractivity contribution in [1.29, 1.82) is 0 Å². The molecule has 0 saturated heterocycles. The molecule has 0 radical (unpaired) electrons. The lowest BCUT2D eigenvalue weighted by Crippen LogP contribution is -2.21. The summed E-state index contributed by atoms with van der Waals surface area (Å²) >= 11 is 12.4. The number of nitrogens with zero attached hydrogens (tertiary/aromatic N) is 2. The third kappa shape index (κ3) is 3.20. The van der Waals surface area contributed by atoms with Gasteiger partial charge < -0.3 is 10.1 Å². The molecule has 0 amide bonds. The summed E-state index contributed by atoms with van der Waals surface area (Å²) in [5.74, 6) is 0.495. The third-order valence-electron chi connectivity index (χ3n) is 3.03. The number of hydrogen-bond donors (Lipinski definition) is 1. The van der Waals surface area contributed by atoms with Crippen LogP contribution in [0.1, 0.15) is 17.3 Å². The van der Waals surface area contributed by atoms with Crippen LogP contribution in [0.25, 0.3) is 0 Å². The summed E-state index contributed by atoms with van der Waals surface area (Å²) in [5, 5.41) is 4.48. The molecular formula is C14H15Cl2N3O. The second-order valence-electron chi connectivity index (χ2n) is 4.20. The van der Waals surface area contributed by atoms with Crippen molar-refractivity contribution in [2.75, 3.05) is 14.2 Å². The summed E-state index contributed by atoms with van der Waals surface area (Å²) < 4.78 is 5.25. The lowest BCUT2D eigenvalue weighted by Gasteiger charge is -2.18. The number of nitrogens with one attached hydrogen (secondary N) is 1. The smallest absolute Gasteiger partial charge is 0.237 e. The van der Waals surface area contributed by atoms with E-state index in [0.29, 0.717) is 22.3 Å². The molecule has 0 saturated carbocycles. The van der Waals surface area contributed by atoms with Gasteiger partial charge in [0.1, 0.15) is 5.69 Å². The molecule has 1 heterocycles. The van der Waals surface area contributed by atoms with Crippen LogP contribution in [-0.2, 0) is 6.42 Å². The zero-order valence-electron chi connectivity index (χ0n) is 11.2. The molecule has 0 fully saturated rings. The Morgan fingerprint density at radius 3 is 2.45 bits per heavy atom. The number of likely N-dealkylation sites (N-methyl/N-ethyl adjacent to an activating group) is 1. The Bertz CT molecular complexity index is 572. The molecule has 106 valence electrons. The van der Waals surface area contributed by atoms with Gasteiger partial charge in [0.05, 0.1) is 13.2 Å². The van der Waals surface area contributed by atoms with Crippen molar-refractivity contribution in [2.24, 2.45) is 0 Å². The number of hydrogen-bond acceptors (Lipinski definition) is 4. The molecule has 0 aliphatic carbocycles. The van der Waals surface area contributed by atoms with E-state index in [1.807, 2.05) is 25.2 Å². The molecule has 1 aromatic carbocycles. The summed E-state index contributed by atoms with van der Waals surface area (Å²) in [4.78, 5) is 8.50. The number of ether oxygens (including phenoxy) is 1. The molecule has 2 aromatic rings. The van der Waals surface area contributed by atoms with Crippen LogP contribution < -0.4 is 10.1 Å². The first-order valence-corrected chi connectivity index (χ1v) is 6.88. The van der Waals surface area contributed by atoms with Gasteiger partial charge in [0, 0.05) is 22.4 Å². The number of halogens is 2. The van der Waals surface area contributed by atoms with Crippen molar-refractivity contribution in [3.05, 3.63) is 51.9 Å². The van der Waals surface area contributed by atoms with Gasteiger partial charge in [-0.15, -0.1) is 0 Å². The Balaban J connectivity index is 2.34. The second kappa shape index (κ2) is 6.88. The molecule has 4 nitrogen and oxygen atoms in total. The van der Waals surface area contributed by atoms with E-state index in [2.05, 4.69) is 15.3 Å². The third-order valence-corrected chi connectivity index (χ3v) is 3.74. The van der Waals surface area contributed by atoms with Crippen LogP contribution in [0.3, 0.4) is 0 Å². The Morgan fingerprint density at radius 2 is 1.85 bits per heavy atom. The number of benzene rings is 1. The van der Waals surface area contributed by atoms with E-state index in [0.717, 1.165) is 11.3 Å². The van der Waals surface area contributed by atoms with Gasteiger partial charge in [-0.05, 0) is 31.2 Å². The Kier molecular flexibility index (Phi) is 5.17. The molecule has 0 spiro atoms. The van der Waals surface area contributed by atoms with Gasteiger partial charge in [0.15, 0.2) is 0 Å². The molecule has 20 heavy (non-hydrogen) atoms. The Morgan fingerprint density at radius 1 is 1.20 bits per heavy atom. The fourth-order valence-electron chi connectivity index (χ4n) is 2.00. The highest BCUT2D eigenvalue weighted by atomic mass is 35.5. The molecule has 6 heteroatoms. The monoisotopic (exact) mass is 311 g/mol. The van der Waals surface area contributed by atoms with Gasteiger partial charge in [-0.2, -0.15) is 0 Å². The maximum absolute atomic E-state index is 6.21. The molecule has 1 N–H and O–H groups in total. The quantitative estimate of drug-likeness (QED) is 0.920. The normalized spacial score (nSPS) is 12.2. The molecule has 0 aliphatic heterocycles. The van der Waals surface area contributed by atoms with Crippen molar-refractivity contribution in [3.63, 3.8) is 0 Å². The summed E-state index contributed by atoms with van der Waals surface area (Å²) in [7, 11) is 3.42. The number of rotatable bonds is 5. The first kappa shape index (κ1) is 15.0. The lowest BCUT2D eigenvalue weighted by molar-refractivity contribution is 0.379. The number of aromatic nitrogens is 2. The Labute approximate surface area is 128 Å². The van der Waals surface area contributed by atoms with Crippen LogP contribution in [0, 0.1) is 0 Å². The van der Waals surface area contributed by atoms with E-state index in [4.69, 9.17) is 27.9 Å². The molecule has 1 atom stereocenters. The summed E-state index contributed by atoms with van der Waals surface area (Å²) in [6.07, 6.45) is 3.83. The van der Waals surface area contributed by atoms with Crippen molar-refractivity contribution >= 4 is 23.2 Å². The van der Waals surface area contributed by atoms with E-state index in [1.165, 1.54) is 0 Å². The van der Waals surface area contributed by atoms with Crippen molar-refractivity contribution < 1.29 is 4.74 Å². The summed E-state index contributed by atoms with van der Waals surface area (Å²) in [6, 6.07) is 5.38. The van der Waals surface area contributed by atoms with E-state index in [1.54, 1.807) is 19.5 Å². The first-order chi connectivity index (χ1) is 9.67. The number of methoxy groups -OCH3 is 1. The summed E-state index contributed by atoms with van der Waals surface area (Å²) in [5.41, 5.74) is 1.61. The van der Waals surface area contributed by atoms with Crippen LogP contribution in [-0.4, -0.2) is 24.1 Å². The first-order valence-electron chi connectivity index (χ1n) is 6.12. The van der Waals surface area contributed by atoms with Gasteiger partial charge in [-0.3, -0.25) is 4.98 Å². The Hall–Kier alpha value is -1.36. The minimum absolute atomic E-state index is 0.0870. The predicted octanol–water partition coefficient (Wildman–Crippen LogP) is 3.30. The SMILES string of the molecule is CNC(Cc1c(Cl)cccc1Cl)c1nccnc1OC. The van der Waals surface area contributed by atoms with Gasteiger partial charge >= 0.3 is 0 Å². The van der Waals surface area contributed by atoms with Gasteiger partial charge in [-0.1, -0.05) is 29.3 Å². The summed E-state index contributed by atoms with van der Waals surface area (Å²) in [6.45, 7) is 0. The van der Waals surface area contributed by atoms with Crippen LogP contribution in [0.5, 0.6) is 5.88 Å². The van der Waals surface area contributed by atoms with E-state index < -0.39 is 0 Å². The highest BCUT2D eigenvalue weighted by Gasteiger charge is 2.20. The fourth-order valence-corrected chi connectivity index (χ4v) is 2.55. The average Bonchev–Trinajstić information content (AvgIpc) is 2.47. The fraction of sp³-hybridized carbons (Fsp3) is 0.286. The maximum atomic E-state index is 6.21. The molecule has 0 aliphatic rings. The van der Waals surface area contributed by atoms with Crippen LogP contribution in [0.2, 0.25) is 10.0 Å². The van der Waals surface area contributed by atoms with Crippen molar-refractivity contribution in [3.8, 4) is 5.88 Å². The van der Waals surface area contributed by atoms with Crippen molar-refractivity contribution in [1.82, 2.24) is 15.3 Å². The molecule has 1 unspecified atom stereocenters. The lowest BCUT2D eigenvalue weighted by atomic mass is 10.0. The zero-order chi connectivity index (χ0) is 14.5. The predicted molar refractivity (Wildman–Crippen MR) is 80.6 cm³/mol. The highest BCUT2D eigenvalue weighted by Crippen LogP contribution is 2.30. The largest absolute Gasteiger partial charge is 0.480 e. The highest BCUT2D eigenvalue weighted by molar-refractivity contribution is 6.36. The second-order valence-corrected chi connectivity index (χ2v) is 5.01. The maximum Gasteiger partial charge on any atom is 0.237 e. The van der Waals surface area contributed by atoms with E-state index in [-0.39, 0.29) is 6.04 Å². The average molecular weight is 312 g/mol. The van der Waals surface area contributed by atoms with Gasteiger partial charge in [0.2, 0.25) is 5.88 Å². The zero-order valence-corrected chi connectivity index (χ0v) is 12.7. The minimum atomic E-state index is -0.0870. The van der Waals surface area contributed by atoms with Crippen LogP contribution >= 0.6 is 23.2 Å². The topological polar surface area (TPSA) is 47.0 Å². The molecule has 1 aromatic heterocycles. The van der Waals surface area contributed by atoms with Crippen LogP contribution in [0.4, 0.5) is 0 Å². The van der Waals surface area contributed by atoms with Gasteiger partial charge in [-0.25, -0.2) is 4.98 Å². The molecule has 0 bridgehead atoms. The molecular weight excluding hydrogens is 297 g/mol. The van der Waals surface area contributed by atoms with Crippen molar-refractivity contribution in [2.45, 2.75) is 12.5 Å². The standard InChI is InChI=1S/C14H15Cl2N3O/c1-17-12(13-14(20-2)19-7-6-18-13)8-9-10(15)4-3-5-11(9)16/h3-7,12,17H,8H2,1-2H3. The molecule has 2 rings (SSSR count).